The first kappa shape index (κ1) is 16.5. The van der Waals surface area contributed by atoms with Gasteiger partial charge in [0.25, 0.3) is 0 Å². The van der Waals surface area contributed by atoms with Gasteiger partial charge >= 0.3 is 0 Å². The Morgan fingerprint density at radius 3 is 2.80 bits per heavy atom. The van der Waals surface area contributed by atoms with Gasteiger partial charge in [-0.05, 0) is 31.5 Å². The lowest BCUT2D eigenvalue weighted by atomic mass is 10.3. The van der Waals surface area contributed by atoms with Gasteiger partial charge in [0.1, 0.15) is 11.5 Å². The average molecular weight is 298 g/mol. The molecule has 1 aromatic carbocycles. The molecule has 1 aromatic rings. The van der Waals surface area contributed by atoms with E-state index >= 15 is 0 Å². The summed E-state index contributed by atoms with van der Waals surface area (Å²) < 4.78 is 17.5. The van der Waals surface area contributed by atoms with E-state index in [0.29, 0.717) is 29.5 Å². The first-order valence-electron chi connectivity index (χ1n) is 6.75. The minimum absolute atomic E-state index is 0.0799. The second-order valence-corrected chi connectivity index (χ2v) is 5.75. The first-order chi connectivity index (χ1) is 9.58. The maximum Gasteiger partial charge on any atom is 0.233 e. The van der Waals surface area contributed by atoms with Crippen LogP contribution < -0.4 is 15.8 Å². The molecule has 0 aliphatic rings. The van der Waals surface area contributed by atoms with E-state index in [1.165, 1.54) is 0 Å². The van der Waals surface area contributed by atoms with Gasteiger partial charge in [-0.25, -0.2) is 0 Å². The number of benzene rings is 1. The summed E-state index contributed by atoms with van der Waals surface area (Å²) in [6.45, 7) is 5.05. The SMILES string of the molecule is CCCCNC(=O)CS(=O)c1cc(OCC)ccc1N. The van der Waals surface area contributed by atoms with Crippen molar-refractivity contribution in [2.75, 3.05) is 24.6 Å². The summed E-state index contributed by atoms with van der Waals surface area (Å²) in [5.41, 5.74) is 6.21. The highest BCUT2D eigenvalue weighted by Gasteiger charge is 2.13. The predicted octanol–water partition coefficient (Wildman–Crippen LogP) is 1.69. The van der Waals surface area contributed by atoms with Gasteiger partial charge in [0.05, 0.1) is 22.3 Å². The first-order valence-corrected chi connectivity index (χ1v) is 8.07. The van der Waals surface area contributed by atoms with Crippen molar-refractivity contribution < 1.29 is 13.7 Å². The molecule has 0 fully saturated rings. The van der Waals surface area contributed by atoms with Crippen molar-refractivity contribution in [2.45, 2.75) is 31.6 Å². The van der Waals surface area contributed by atoms with Crippen LogP contribution in [0.4, 0.5) is 5.69 Å². The van der Waals surface area contributed by atoms with E-state index < -0.39 is 10.8 Å². The van der Waals surface area contributed by atoms with Gasteiger partial charge in [-0.1, -0.05) is 13.3 Å². The largest absolute Gasteiger partial charge is 0.494 e. The van der Waals surface area contributed by atoms with Gasteiger partial charge in [0, 0.05) is 12.2 Å². The molecule has 0 spiro atoms. The van der Waals surface area contributed by atoms with Crippen molar-refractivity contribution in [2.24, 2.45) is 0 Å². The van der Waals surface area contributed by atoms with Gasteiger partial charge in [-0.15, -0.1) is 0 Å². The molecule has 0 aromatic heterocycles. The number of anilines is 1. The Bertz CT molecular complexity index is 477. The maximum atomic E-state index is 12.2. The third-order valence-electron chi connectivity index (χ3n) is 2.66. The zero-order chi connectivity index (χ0) is 15.0. The molecule has 6 heteroatoms. The maximum absolute atomic E-state index is 12.2. The van der Waals surface area contributed by atoms with Gasteiger partial charge in [0.15, 0.2) is 0 Å². The second-order valence-electron chi connectivity index (χ2n) is 4.33. The van der Waals surface area contributed by atoms with E-state index in [4.69, 9.17) is 10.5 Å². The molecule has 1 unspecified atom stereocenters. The number of carbonyl (C=O) groups excluding carboxylic acids is 1. The molecule has 1 rings (SSSR count). The van der Waals surface area contributed by atoms with E-state index in [2.05, 4.69) is 5.32 Å². The molecule has 0 bridgehead atoms. The second kappa shape index (κ2) is 8.58. The van der Waals surface area contributed by atoms with Crippen LogP contribution in [0.15, 0.2) is 23.1 Å². The molecule has 0 aliphatic carbocycles. The number of nitrogen functional groups attached to an aromatic ring is 1. The van der Waals surface area contributed by atoms with Gasteiger partial charge in [-0.3, -0.25) is 9.00 Å². The van der Waals surface area contributed by atoms with Gasteiger partial charge < -0.3 is 15.8 Å². The fraction of sp³-hybridized carbons (Fsp3) is 0.500. The van der Waals surface area contributed by atoms with Crippen molar-refractivity contribution in [3.8, 4) is 5.75 Å². The third kappa shape index (κ3) is 5.21. The highest BCUT2D eigenvalue weighted by atomic mass is 32.2. The quantitative estimate of drug-likeness (QED) is 0.565. The Morgan fingerprint density at radius 2 is 2.15 bits per heavy atom. The molecule has 0 heterocycles. The van der Waals surface area contributed by atoms with Crippen LogP contribution in [0.3, 0.4) is 0 Å². The minimum atomic E-state index is -1.46. The van der Waals surface area contributed by atoms with Gasteiger partial charge in [0.2, 0.25) is 5.91 Å². The monoisotopic (exact) mass is 298 g/mol. The van der Waals surface area contributed by atoms with E-state index in [-0.39, 0.29) is 11.7 Å². The number of ether oxygens (including phenoxy) is 1. The summed E-state index contributed by atoms with van der Waals surface area (Å²) in [4.78, 5) is 12.1. The number of rotatable bonds is 8. The molecule has 20 heavy (non-hydrogen) atoms. The van der Waals surface area contributed by atoms with Crippen LogP contribution in [0.1, 0.15) is 26.7 Å². The van der Waals surface area contributed by atoms with E-state index in [1.54, 1.807) is 18.2 Å². The fourth-order valence-electron chi connectivity index (χ4n) is 1.62. The van der Waals surface area contributed by atoms with Crippen LogP contribution in [-0.2, 0) is 15.6 Å². The fourth-order valence-corrected chi connectivity index (χ4v) is 2.69. The topological polar surface area (TPSA) is 81.4 Å². The molecule has 5 nitrogen and oxygen atoms in total. The van der Waals surface area contributed by atoms with Crippen LogP contribution in [0.2, 0.25) is 0 Å². The highest BCUT2D eigenvalue weighted by molar-refractivity contribution is 7.86. The third-order valence-corrected chi connectivity index (χ3v) is 4.02. The van der Waals surface area contributed by atoms with Crippen molar-refractivity contribution in [3.63, 3.8) is 0 Å². The molecular formula is C14H22N2O3S. The minimum Gasteiger partial charge on any atom is -0.494 e. The van der Waals surface area contributed by atoms with Crippen LogP contribution in [0, 0.1) is 0 Å². The number of nitrogens with two attached hydrogens (primary N) is 1. The molecule has 0 saturated heterocycles. The van der Waals surface area contributed by atoms with E-state index in [1.807, 2.05) is 13.8 Å². The summed E-state index contributed by atoms with van der Waals surface area (Å²) in [6, 6.07) is 5.00. The zero-order valence-corrected chi connectivity index (χ0v) is 12.8. The number of amides is 1. The molecule has 112 valence electrons. The smallest absolute Gasteiger partial charge is 0.233 e. The highest BCUT2D eigenvalue weighted by Crippen LogP contribution is 2.23. The summed E-state index contributed by atoms with van der Waals surface area (Å²) in [5, 5.41) is 2.74. The summed E-state index contributed by atoms with van der Waals surface area (Å²) in [5.74, 6) is 0.304. The number of hydrogen-bond acceptors (Lipinski definition) is 4. The Balaban J connectivity index is 2.66. The zero-order valence-electron chi connectivity index (χ0n) is 12.0. The Morgan fingerprint density at radius 1 is 1.40 bits per heavy atom. The molecule has 0 radical (unpaired) electrons. The summed E-state index contributed by atoms with van der Waals surface area (Å²) in [6.07, 6.45) is 1.92. The van der Waals surface area contributed by atoms with Crippen molar-refractivity contribution >= 4 is 22.4 Å². The average Bonchev–Trinajstić information content (AvgIpc) is 2.41. The Hall–Kier alpha value is -1.56. The molecule has 0 aliphatic heterocycles. The lowest BCUT2D eigenvalue weighted by Crippen LogP contribution is -2.29. The molecule has 1 atom stereocenters. The number of unbranched alkanes of at least 4 members (excludes halogenated alkanes) is 1. The standard InChI is InChI=1S/C14H22N2O3S/c1-3-5-8-16-14(17)10-20(18)13-9-11(19-4-2)6-7-12(13)15/h6-7,9H,3-5,8,10,15H2,1-2H3,(H,16,17). The van der Waals surface area contributed by atoms with Gasteiger partial charge in [-0.2, -0.15) is 0 Å². The lowest BCUT2D eigenvalue weighted by molar-refractivity contribution is -0.118. The lowest BCUT2D eigenvalue weighted by Gasteiger charge is -2.09. The number of carbonyl (C=O) groups is 1. The van der Waals surface area contributed by atoms with Crippen molar-refractivity contribution in [1.29, 1.82) is 0 Å². The number of hydrogen-bond donors (Lipinski definition) is 2. The summed E-state index contributed by atoms with van der Waals surface area (Å²) in [7, 11) is -1.46. The Labute approximate surface area is 122 Å². The van der Waals surface area contributed by atoms with Crippen LogP contribution >= 0.6 is 0 Å². The van der Waals surface area contributed by atoms with Crippen LogP contribution in [0.25, 0.3) is 0 Å². The normalized spacial score (nSPS) is 11.9. The molecule has 3 N–H and O–H groups in total. The predicted molar refractivity (Wildman–Crippen MR) is 81.2 cm³/mol. The van der Waals surface area contributed by atoms with E-state index in [0.717, 1.165) is 12.8 Å². The Kier molecular flexibility index (Phi) is 7.08. The van der Waals surface area contributed by atoms with Crippen LogP contribution in [-0.4, -0.2) is 29.0 Å². The van der Waals surface area contributed by atoms with Crippen LogP contribution in [0.5, 0.6) is 5.75 Å². The molecular weight excluding hydrogens is 276 g/mol. The molecule has 1 amide bonds. The summed E-state index contributed by atoms with van der Waals surface area (Å²) >= 11 is 0. The van der Waals surface area contributed by atoms with E-state index in [9.17, 15) is 9.00 Å². The van der Waals surface area contributed by atoms with Crippen molar-refractivity contribution in [3.05, 3.63) is 18.2 Å². The molecule has 0 saturated carbocycles. The number of nitrogens with one attached hydrogen (secondary N) is 1. The van der Waals surface area contributed by atoms with Crippen molar-refractivity contribution in [1.82, 2.24) is 5.32 Å².